The second-order valence-corrected chi connectivity index (χ2v) is 3.39. The van der Waals surface area contributed by atoms with Crippen LogP contribution in [-0.4, -0.2) is 39.3 Å². The van der Waals surface area contributed by atoms with E-state index in [9.17, 15) is 0 Å². The molecule has 0 aromatic rings. The Morgan fingerprint density at radius 2 is 0.600 bits per heavy atom. The van der Waals surface area contributed by atoms with Crippen LogP contribution in [0.2, 0.25) is 0 Å². The van der Waals surface area contributed by atoms with Crippen LogP contribution in [0.25, 0.3) is 0 Å². The van der Waals surface area contributed by atoms with Gasteiger partial charge in [0.15, 0.2) is 0 Å². The van der Waals surface area contributed by atoms with E-state index in [0.29, 0.717) is 0 Å². The van der Waals surface area contributed by atoms with E-state index in [1.165, 1.54) is 0 Å². The van der Waals surface area contributed by atoms with Crippen LogP contribution in [0.1, 0.15) is 0 Å². The summed E-state index contributed by atoms with van der Waals surface area (Å²) in [5, 5.41) is 9.93. The van der Waals surface area contributed by atoms with Gasteiger partial charge in [0.25, 0.3) is 0 Å². The topological polar surface area (TPSA) is 36.1 Å². The highest BCUT2D eigenvalue weighted by molar-refractivity contribution is 4.93. The zero-order valence-electron chi connectivity index (χ0n) is 9.21. The highest BCUT2D eigenvalue weighted by Crippen LogP contribution is 1.76. The minimum Gasteiger partial charge on any atom is -0.310 e. The molecule has 1 heterocycles. The van der Waals surface area contributed by atoms with Gasteiger partial charge in [-0.05, 0) is 0 Å². The number of nitrogens with one attached hydrogen (secondary N) is 3. The van der Waals surface area contributed by atoms with E-state index in [1.807, 2.05) is 0 Å². The Labute approximate surface area is 92.3 Å². The van der Waals surface area contributed by atoms with Gasteiger partial charge in [-0.15, -0.1) is 0 Å². The van der Waals surface area contributed by atoms with E-state index in [-0.39, 0.29) is 0 Å². The number of hydrogen-bond acceptors (Lipinski definition) is 3. The fourth-order valence-electron chi connectivity index (χ4n) is 1.25. The van der Waals surface area contributed by atoms with Crippen molar-refractivity contribution in [3.63, 3.8) is 0 Å². The second kappa shape index (κ2) is 9.65. The van der Waals surface area contributed by atoms with Crippen LogP contribution in [0.3, 0.4) is 0 Å². The molecule has 0 bridgehead atoms. The van der Waals surface area contributed by atoms with Crippen LogP contribution < -0.4 is 16.0 Å². The lowest BCUT2D eigenvalue weighted by Gasteiger charge is -1.96. The summed E-state index contributed by atoms with van der Waals surface area (Å²) in [7, 11) is 0. The summed E-state index contributed by atoms with van der Waals surface area (Å²) in [6.45, 7) is 5.64. The molecule has 0 saturated heterocycles. The summed E-state index contributed by atoms with van der Waals surface area (Å²) in [6.07, 6.45) is 12.9. The van der Waals surface area contributed by atoms with Crippen molar-refractivity contribution in [2.75, 3.05) is 39.3 Å². The molecule has 3 heteroatoms. The summed E-state index contributed by atoms with van der Waals surface area (Å²) in [5.41, 5.74) is 0. The van der Waals surface area contributed by atoms with Gasteiger partial charge in [-0.25, -0.2) is 0 Å². The molecule has 84 valence electrons. The first kappa shape index (κ1) is 12.2. The fourth-order valence-corrected chi connectivity index (χ4v) is 1.25. The molecular weight excluding hydrogens is 186 g/mol. The molecule has 0 unspecified atom stereocenters. The molecule has 0 amide bonds. The summed E-state index contributed by atoms with van der Waals surface area (Å²) in [5.74, 6) is 0. The van der Waals surface area contributed by atoms with Crippen molar-refractivity contribution in [2.24, 2.45) is 0 Å². The lowest BCUT2D eigenvalue weighted by Crippen LogP contribution is -2.15. The van der Waals surface area contributed by atoms with E-state index < -0.39 is 0 Å². The highest BCUT2D eigenvalue weighted by Gasteiger charge is 1.82. The maximum absolute atomic E-state index is 3.31. The van der Waals surface area contributed by atoms with E-state index in [4.69, 9.17) is 0 Å². The van der Waals surface area contributed by atoms with Crippen molar-refractivity contribution >= 4 is 0 Å². The minimum absolute atomic E-state index is 0.940. The molecule has 0 saturated carbocycles. The number of hydrogen-bond donors (Lipinski definition) is 3. The van der Waals surface area contributed by atoms with Crippen molar-refractivity contribution in [1.82, 2.24) is 16.0 Å². The normalized spacial score (nSPS) is 27.2. The van der Waals surface area contributed by atoms with Gasteiger partial charge in [0.05, 0.1) is 0 Å². The third-order valence-electron chi connectivity index (χ3n) is 2.07. The van der Waals surface area contributed by atoms with Crippen LogP contribution in [0, 0.1) is 0 Å². The second-order valence-electron chi connectivity index (χ2n) is 3.39. The standard InChI is InChI=1S/C12H21N3/c1-2-8-14-10-5-6-12-15-11-4-3-9-13-7-1/h1-6,13-15H,7-12H2/b2-1+,4-3+,6-5+. The van der Waals surface area contributed by atoms with E-state index in [0.717, 1.165) is 39.3 Å². The van der Waals surface area contributed by atoms with Gasteiger partial charge >= 0.3 is 0 Å². The van der Waals surface area contributed by atoms with Crippen LogP contribution in [-0.2, 0) is 0 Å². The quantitative estimate of drug-likeness (QED) is 0.504. The van der Waals surface area contributed by atoms with Gasteiger partial charge in [0.1, 0.15) is 0 Å². The molecule has 3 nitrogen and oxygen atoms in total. The van der Waals surface area contributed by atoms with Crippen LogP contribution in [0.4, 0.5) is 0 Å². The first-order chi connectivity index (χ1) is 7.50. The molecule has 1 rings (SSSR count). The van der Waals surface area contributed by atoms with Crippen molar-refractivity contribution in [3.05, 3.63) is 36.5 Å². The van der Waals surface area contributed by atoms with Crippen molar-refractivity contribution < 1.29 is 0 Å². The maximum Gasteiger partial charge on any atom is 0.0138 e. The molecule has 15 heavy (non-hydrogen) atoms. The zero-order valence-corrected chi connectivity index (χ0v) is 9.21. The molecule has 0 aromatic heterocycles. The summed E-state index contributed by atoms with van der Waals surface area (Å²) in [6, 6.07) is 0. The van der Waals surface area contributed by atoms with Crippen LogP contribution >= 0.6 is 0 Å². The maximum atomic E-state index is 3.31. The molecule has 1 aliphatic heterocycles. The molecule has 0 fully saturated rings. The van der Waals surface area contributed by atoms with Gasteiger partial charge in [0.2, 0.25) is 0 Å². The monoisotopic (exact) mass is 207 g/mol. The summed E-state index contributed by atoms with van der Waals surface area (Å²) in [4.78, 5) is 0. The summed E-state index contributed by atoms with van der Waals surface area (Å²) < 4.78 is 0. The Morgan fingerprint density at radius 1 is 0.400 bits per heavy atom. The Balaban J connectivity index is 2.23. The van der Waals surface area contributed by atoms with Crippen LogP contribution in [0.5, 0.6) is 0 Å². The summed E-state index contributed by atoms with van der Waals surface area (Å²) >= 11 is 0. The Kier molecular flexibility index (Phi) is 7.83. The van der Waals surface area contributed by atoms with Crippen molar-refractivity contribution in [1.29, 1.82) is 0 Å². The first-order valence-electron chi connectivity index (χ1n) is 5.57. The Morgan fingerprint density at radius 3 is 0.800 bits per heavy atom. The highest BCUT2D eigenvalue weighted by atomic mass is 14.9. The van der Waals surface area contributed by atoms with E-state index in [2.05, 4.69) is 52.4 Å². The van der Waals surface area contributed by atoms with Gasteiger partial charge < -0.3 is 16.0 Å². The van der Waals surface area contributed by atoms with Gasteiger partial charge in [-0.1, -0.05) is 36.5 Å². The molecule has 0 spiro atoms. The average molecular weight is 207 g/mol. The Bertz CT molecular complexity index is 163. The average Bonchev–Trinajstić information content (AvgIpc) is 2.27. The zero-order chi connectivity index (χ0) is 10.6. The largest absolute Gasteiger partial charge is 0.310 e. The number of rotatable bonds is 0. The molecule has 0 aromatic carbocycles. The predicted octanol–water partition coefficient (Wildman–Crippen LogP) is 0.437. The molecule has 1 aliphatic rings. The van der Waals surface area contributed by atoms with Crippen molar-refractivity contribution in [3.8, 4) is 0 Å². The first-order valence-corrected chi connectivity index (χ1v) is 5.57. The molecule has 0 radical (unpaired) electrons. The lowest BCUT2D eigenvalue weighted by molar-refractivity contribution is 0.820. The van der Waals surface area contributed by atoms with Gasteiger partial charge in [0, 0.05) is 39.3 Å². The van der Waals surface area contributed by atoms with E-state index in [1.54, 1.807) is 0 Å². The molecule has 3 N–H and O–H groups in total. The van der Waals surface area contributed by atoms with E-state index >= 15 is 0 Å². The van der Waals surface area contributed by atoms with Gasteiger partial charge in [-0.3, -0.25) is 0 Å². The Hall–Kier alpha value is -0.900. The third kappa shape index (κ3) is 8.12. The molecule has 0 aliphatic carbocycles. The van der Waals surface area contributed by atoms with Gasteiger partial charge in [-0.2, -0.15) is 0 Å². The molecular formula is C12H21N3. The third-order valence-corrected chi connectivity index (χ3v) is 2.07. The lowest BCUT2D eigenvalue weighted by atomic mass is 10.4. The fraction of sp³-hybridized carbons (Fsp3) is 0.500. The SMILES string of the molecule is C1=C/CNC/C=C/CNC/C=C/CNC/1. The minimum atomic E-state index is 0.940. The van der Waals surface area contributed by atoms with Crippen LogP contribution in [0.15, 0.2) is 36.5 Å². The smallest absolute Gasteiger partial charge is 0.0138 e. The predicted molar refractivity (Wildman–Crippen MR) is 66.0 cm³/mol. The molecule has 0 atom stereocenters. The van der Waals surface area contributed by atoms with Crippen molar-refractivity contribution in [2.45, 2.75) is 0 Å².